The summed E-state index contributed by atoms with van der Waals surface area (Å²) in [7, 11) is 0. The van der Waals surface area contributed by atoms with Crippen molar-refractivity contribution in [1.82, 2.24) is 0 Å². The summed E-state index contributed by atoms with van der Waals surface area (Å²) in [6.07, 6.45) is 5.29. The average molecular weight is 369 g/mol. The topological polar surface area (TPSA) is 57.2 Å². The maximum atomic E-state index is 9.73. The first-order valence-corrected chi connectivity index (χ1v) is 9.91. The van der Waals surface area contributed by atoms with Crippen LogP contribution in [-0.2, 0) is 20.0 Å². The van der Waals surface area contributed by atoms with Crippen LogP contribution >= 0.6 is 0 Å². The van der Waals surface area contributed by atoms with Gasteiger partial charge in [0.1, 0.15) is 5.75 Å². The Morgan fingerprint density at radius 3 is 2.04 bits per heavy atom. The third-order valence-corrected chi connectivity index (χ3v) is 4.35. The molecule has 26 heavy (non-hydrogen) atoms. The van der Waals surface area contributed by atoms with Gasteiger partial charge in [-0.2, -0.15) is 0 Å². The zero-order chi connectivity index (χ0) is 19.3. The third-order valence-electron chi connectivity index (χ3n) is 4.35. The fraction of sp³-hybridized carbons (Fsp3) is 0.714. The van der Waals surface area contributed by atoms with E-state index in [1.807, 2.05) is 24.3 Å². The molecule has 0 aliphatic heterocycles. The highest BCUT2D eigenvalue weighted by Gasteiger charge is 2.40. The van der Waals surface area contributed by atoms with Gasteiger partial charge < -0.3 is 14.2 Å². The van der Waals surface area contributed by atoms with E-state index in [4.69, 9.17) is 19.1 Å². The van der Waals surface area contributed by atoms with E-state index in [9.17, 15) is 5.26 Å². The first-order chi connectivity index (χ1) is 12.6. The van der Waals surface area contributed by atoms with E-state index < -0.39 is 11.9 Å². The Kier molecular flexibility index (Phi) is 11.5. The highest BCUT2D eigenvalue weighted by molar-refractivity contribution is 5.32. The molecule has 1 N–H and O–H groups in total. The maximum absolute atomic E-state index is 9.73. The summed E-state index contributed by atoms with van der Waals surface area (Å²) in [5, 5.41) is 9.73. The van der Waals surface area contributed by atoms with E-state index >= 15 is 0 Å². The van der Waals surface area contributed by atoms with Gasteiger partial charge in [0.15, 0.2) is 11.9 Å². The molecule has 0 saturated carbocycles. The first-order valence-electron chi connectivity index (χ1n) is 9.91. The van der Waals surface area contributed by atoms with Gasteiger partial charge in [0, 0.05) is 13.2 Å². The molecule has 0 saturated heterocycles. The monoisotopic (exact) mass is 368 g/mol. The SMILES string of the molecule is CCCCOc1cccc(C(C)(OO)C(OCCCC)OCCCC)c1. The van der Waals surface area contributed by atoms with Crippen LogP contribution in [0.1, 0.15) is 71.8 Å². The summed E-state index contributed by atoms with van der Waals surface area (Å²) < 4.78 is 17.6. The molecular formula is C21H36O5. The molecule has 1 aromatic rings. The predicted octanol–water partition coefficient (Wildman–Crippen LogP) is 5.53. The van der Waals surface area contributed by atoms with E-state index in [-0.39, 0.29) is 0 Å². The Hall–Kier alpha value is -1.14. The molecule has 5 heteroatoms. The average Bonchev–Trinajstić information content (AvgIpc) is 2.67. The minimum atomic E-state index is -1.13. The fourth-order valence-corrected chi connectivity index (χ4v) is 2.50. The molecular weight excluding hydrogens is 332 g/mol. The van der Waals surface area contributed by atoms with Crippen LogP contribution in [0.5, 0.6) is 5.75 Å². The van der Waals surface area contributed by atoms with Crippen molar-refractivity contribution in [2.45, 2.75) is 78.1 Å². The molecule has 0 fully saturated rings. The van der Waals surface area contributed by atoms with Crippen LogP contribution in [0.4, 0.5) is 0 Å². The summed E-state index contributed by atoms with van der Waals surface area (Å²) in [4.78, 5) is 4.92. The van der Waals surface area contributed by atoms with Gasteiger partial charge in [-0.25, -0.2) is 4.89 Å². The summed E-state index contributed by atoms with van der Waals surface area (Å²) in [5.41, 5.74) is -0.377. The summed E-state index contributed by atoms with van der Waals surface area (Å²) in [6, 6.07) is 7.57. The standard InChI is InChI=1S/C21H36O5/c1-5-8-14-23-19-13-11-12-18(17-19)21(4,26-22)20(24-15-9-6-2)25-16-10-7-3/h11-13,17,20,22H,5-10,14-16H2,1-4H3. The van der Waals surface area contributed by atoms with Crippen molar-refractivity contribution in [2.75, 3.05) is 19.8 Å². The van der Waals surface area contributed by atoms with Gasteiger partial charge in [0.2, 0.25) is 0 Å². The van der Waals surface area contributed by atoms with Crippen LogP contribution in [0.15, 0.2) is 24.3 Å². The second-order valence-corrected chi connectivity index (χ2v) is 6.71. The molecule has 0 aromatic heterocycles. The zero-order valence-electron chi connectivity index (χ0n) is 16.8. The smallest absolute Gasteiger partial charge is 0.193 e. The van der Waals surface area contributed by atoms with E-state index in [0.717, 1.165) is 49.8 Å². The molecule has 0 bridgehead atoms. The predicted molar refractivity (Wildman–Crippen MR) is 103 cm³/mol. The Morgan fingerprint density at radius 2 is 1.50 bits per heavy atom. The van der Waals surface area contributed by atoms with Crippen molar-refractivity contribution in [3.63, 3.8) is 0 Å². The van der Waals surface area contributed by atoms with Gasteiger partial charge in [-0.3, -0.25) is 5.26 Å². The highest BCUT2D eigenvalue weighted by Crippen LogP contribution is 2.33. The lowest BCUT2D eigenvalue weighted by Gasteiger charge is -2.34. The summed E-state index contributed by atoms with van der Waals surface area (Å²) >= 11 is 0. The molecule has 1 unspecified atom stereocenters. The van der Waals surface area contributed by atoms with Gasteiger partial charge in [-0.05, 0) is 43.9 Å². The minimum absolute atomic E-state index is 0.554. The molecule has 5 nitrogen and oxygen atoms in total. The van der Waals surface area contributed by atoms with Gasteiger partial charge in [-0.1, -0.05) is 52.2 Å². The molecule has 1 aromatic carbocycles. The third kappa shape index (κ3) is 7.23. The van der Waals surface area contributed by atoms with Crippen LogP contribution in [0, 0.1) is 0 Å². The number of hydrogen-bond donors (Lipinski definition) is 1. The lowest BCUT2D eigenvalue weighted by Crippen LogP contribution is -2.43. The molecule has 0 radical (unpaired) electrons. The Labute approximate surface area is 158 Å². The quantitative estimate of drug-likeness (QED) is 0.191. The number of ether oxygens (including phenoxy) is 3. The van der Waals surface area contributed by atoms with Crippen LogP contribution in [-0.4, -0.2) is 31.4 Å². The normalized spacial score (nSPS) is 13.8. The van der Waals surface area contributed by atoms with Crippen molar-refractivity contribution in [3.8, 4) is 5.75 Å². The van der Waals surface area contributed by atoms with Crippen LogP contribution in [0.25, 0.3) is 0 Å². The molecule has 1 atom stereocenters. The van der Waals surface area contributed by atoms with Crippen molar-refractivity contribution in [3.05, 3.63) is 29.8 Å². The first kappa shape index (κ1) is 22.9. The van der Waals surface area contributed by atoms with Gasteiger partial charge in [0.25, 0.3) is 0 Å². The minimum Gasteiger partial charge on any atom is -0.494 e. The Morgan fingerprint density at radius 1 is 0.923 bits per heavy atom. The molecule has 150 valence electrons. The Balaban J connectivity index is 2.95. The van der Waals surface area contributed by atoms with Crippen LogP contribution < -0.4 is 4.74 Å². The molecule has 0 aliphatic carbocycles. The number of unbranched alkanes of at least 4 members (excludes halogenated alkanes) is 3. The van der Waals surface area contributed by atoms with Gasteiger partial charge in [0.05, 0.1) is 6.61 Å². The Bertz CT molecular complexity index is 469. The van der Waals surface area contributed by atoms with E-state index in [1.54, 1.807) is 6.92 Å². The molecule has 0 aliphatic rings. The largest absolute Gasteiger partial charge is 0.494 e. The van der Waals surface area contributed by atoms with Crippen LogP contribution in [0.3, 0.4) is 0 Å². The van der Waals surface area contributed by atoms with Crippen molar-refractivity contribution >= 4 is 0 Å². The van der Waals surface area contributed by atoms with Gasteiger partial charge >= 0.3 is 0 Å². The van der Waals surface area contributed by atoms with Crippen molar-refractivity contribution in [1.29, 1.82) is 0 Å². The molecule has 0 heterocycles. The van der Waals surface area contributed by atoms with Gasteiger partial charge in [-0.15, -0.1) is 0 Å². The van der Waals surface area contributed by atoms with Crippen LogP contribution in [0.2, 0.25) is 0 Å². The summed E-state index contributed by atoms with van der Waals surface area (Å²) in [5.74, 6) is 0.750. The second-order valence-electron chi connectivity index (χ2n) is 6.71. The number of benzene rings is 1. The second kappa shape index (κ2) is 13.1. The van der Waals surface area contributed by atoms with Crippen molar-refractivity contribution in [2.24, 2.45) is 0 Å². The lowest BCUT2D eigenvalue weighted by atomic mass is 9.94. The maximum Gasteiger partial charge on any atom is 0.193 e. The zero-order valence-corrected chi connectivity index (χ0v) is 16.8. The van der Waals surface area contributed by atoms with Crippen molar-refractivity contribution < 1.29 is 24.4 Å². The summed E-state index contributed by atoms with van der Waals surface area (Å²) in [6.45, 7) is 9.89. The fourth-order valence-electron chi connectivity index (χ4n) is 2.50. The number of rotatable bonds is 15. The lowest BCUT2D eigenvalue weighted by molar-refractivity contribution is -0.383. The molecule has 0 spiro atoms. The molecule has 0 amide bonds. The van der Waals surface area contributed by atoms with E-state index in [0.29, 0.717) is 19.8 Å². The highest BCUT2D eigenvalue weighted by atomic mass is 17.1. The van der Waals surface area contributed by atoms with E-state index in [1.165, 1.54) is 0 Å². The van der Waals surface area contributed by atoms with E-state index in [2.05, 4.69) is 20.8 Å². The molecule has 1 rings (SSSR count). The number of hydrogen-bond acceptors (Lipinski definition) is 5.